The zero-order valence-electron chi connectivity index (χ0n) is 18.5. The lowest BCUT2D eigenvalue weighted by Gasteiger charge is -2.36. The maximum absolute atomic E-state index is 13.0. The third-order valence-corrected chi connectivity index (χ3v) is 7.90. The summed E-state index contributed by atoms with van der Waals surface area (Å²) in [5, 5.41) is 15.6. The van der Waals surface area contributed by atoms with Gasteiger partial charge in [0.15, 0.2) is 0 Å². The molecule has 0 unspecified atom stereocenters. The Morgan fingerprint density at radius 3 is 2.50 bits per heavy atom. The molecule has 7 heteroatoms. The van der Waals surface area contributed by atoms with Gasteiger partial charge in [0, 0.05) is 23.8 Å². The van der Waals surface area contributed by atoms with Crippen molar-refractivity contribution in [3.63, 3.8) is 0 Å². The van der Waals surface area contributed by atoms with E-state index in [1.54, 1.807) is 6.92 Å². The molecule has 1 heterocycles. The lowest BCUT2D eigenvalue weighted by molar-refractivity contribution is -0.138. The first-order valence-electron chi connectivity index (χ1n) is 11.1. The molecule has 3 rings (SSSR count). The maximum Gasteiger partial charge on any atom is 0.303 e. The maximum atomic E-state index is 13.0. The summed E-state index contributed by atoms with van der Waals surface area (Å²) in [5.41, 5.74) is 1.97. The third-order valence-electron chi connectivity index (χ3n) is 6.73. The fourth-order valence-electron chi connectivity index (χ4n) is 4.22. The Balaban J connectivity index is 1.82. The molecule has 1 saturated carbocycles. The van der Waals surface area contributed by atoms with E-state index in [2.05, 4.69) is 31.4 Å². The summed E-state index contributed by atoms with van der Waals surface area (Å²) < 4.78 is 0. The summed E-state index contributed by atoms with van der Waals surface area (Å²) in [7, 11) is 0. The summed E-state index contributed by atoms with van der Waals surface area (Å²) in [4.78, 5) is 37.7. The first-order valence-corrected chi connectivity index (χ1v) is 11.9. The molecule has 2 atom stereocenters. The Morgan fingerprint density at radius 1 is 1.20 bits per heavy atom. The van der Waals surface area contributed by atoms with E-state index in [1.165, 1.54) is 16.2 Å². The van der Waals surface area contributed by atoms with E-state index in [-0.39, 0.29) is 42.0 Å². The van der Waals surface area contributed by atoms with Crippen molar-refractivity contribution in [3.05, 3.63) is 16.0 Å². The molecule has 0 saturated heterocycles. The van der Waals surface area contributed by atoms with Crippen LogP contribution >= 0.6 is 11.3 Å². The van der Waals surface area contributed by atoms with Gasteiger partial charge in [-0.1, -0.05) is 34.1 Å². The van der Waals surface area contributed by atoms with Gasteiger partial charge in [0.05, 0.1) is 5.56 Å². The van der Waals surface area contributed by atoms with Crippen LogP contribution in [0.15, 0.2) is 0 Å². The Labute approximate surface area is 182 Å². The number of carboxylic acids is 1. The van der Waals surface area contributed by atoms with Gasteiger partial charge >= 0.3 is 5.97 Å². The molecule has 2 aliphatic carbocycles. The van der Waals surface area contributed by atoms with Crippen LogP contribution in [0.5, 0.6) is 0 Å². The number of carbonyl (C=O) groups is 3. The van der Waals surface area contributed by atoms with Crippen molar-refractivity contribution < 1.29 is 19.5 Å². The van der Waals surface area contributed by atoms with Gasteiger partial charge in [-0.25, -0.2) is 0 Å². The molecule has 166 valence electrons. The van der Waals surface area contributed by atoms with Gasteiger partial charge in [-0.2, -0.15) is 0 Å². The molecule has 0 spiro atoms. The Morgan fingerprint density at radius 2 is 1.90 bits per heavy atom. The molecule has 1 aromatic rings. The highest BCUT2D eigenvalue weighted by Gasteiger charge is 2.36. The number of amides is 2. The minimum absolute atomic E-state index is 0.0445. The van der Waals surface area contributed by atoms with Crippen LogP contribution in [0.4, 0.5) is 5.00 Å². The van der Waals surface area contributed by atoms with Crippen molar-refractivity contribution >= 4 is 34.1 Å². The summed E-state index contributed by atoms with van der Waals surface area (Å²) in [6.07, 6.45) is 6.07. The minimum atomic E-state index is -0.907. The van der Waals surface area contributed by atoms with Crippen molar-refractivity contribution in [2.45, 2.75) is 85.1 Å². The van der Waals surface area contributed by atoms with Gasteiger partial charge in [-0.3, -0.25) is 14.4 Å². The minimum Gasteiger partial charge on any atom is -0.481 e. The third kappa shape index (κ3) is 5.42. The van der Waals surface area contributed by atoms with Crippen molar-refractivity contribution in [1.29, 1.82) is 0 Å². The highest BCUT2D eigenvalue weighted by Crippen LogP contribution is 2.45. The number of carbonyl (C=O) groups excluding carboxylic acids is 2. The molecule has 1 aromatic heterocycles. The van der Waals surface area contributed by atoms with E-state index >= 15 is 0 Å². The van der Waals surface area contributed by atoms with Crippen LogP contribution in [0.3, 0.4) is 0 Å². The Bertz CT molecular complexity index is 825. The van der Waals surface area contributed by atoms with Crippen LogP contribution in [0, 0.1) is 17.3 Å². The molecular formula is C23H34N2O4S. The fraction of sp³-hybridized carbons (Fsp3) is 0.696. The van der Waals surface area contributed by atoms with Crippen molar-refractivity contribution in [2.24, 2.45) is 17.3 Å². The molecular weight excluding hydrogens is 400 g/mol. The van der Waals surface area contributed by atoms with E-state index in [4.69, 9.17) is 5.11 Å². The molecule has 0 aromatic carbocycles. The van der Waals surface area contributed by atoms with Crippen LogP contribution in [0.25, 0.3) is 0 Å². The van der Waals surface area contributed by atoms with Crippen molar-refractivity contribution in [1.82, 2.24) is 5.32 Å². The van der Waals surface area contributed by atoms with Crippen LogP contribution in [-0.4, -0.2) is 28.9 Å². The van der Waals surface area contributed by atoms with Gasteiger partial charge in [-0.05, 0) is 54.9 Å². The monoisotopic (exact) mass is 434 g/mol. The second-order valence-electron chi connectivity index (χ2n) is 9.69. The fourth-order valence-corrected chi connectivity index (χ4v) is 5.56. The molecule has 0 radical (unpaired) electrons. The SMILES string of the molecule is CCC(C)(C)[C@@H]1CCc2c(sc(NC(=O)C[C@H](C)CC(=O)O)c2C(=O)NC2CC2)C1. The number of fused-ring (bicyclic) bond motifs is 1. The average Bonchev–Trinajstić information content (AvgIpc) is 3.38. The number of hydrogen-bond acceptors (Lipinski definition) is 4. The van der Waals surface area contributed by atoms with E-state index < -0.39 is 5.97 Å². The van der Waals surface area contributed by atoms with E-state index in [0.29, 0.717) is 16.5 Å². The smallest absolute Gasteiger partial charge is 0.303 e. The molecule has 2 aliphatic rings. The molecule has 1 fully saturated rings. The van der Waals surface area contributed by atoms with Gasteiger partial charge in [0.2, 0.25) is 5.91 Å². The second kappa shape index (κ2) is 9.08. The molecule has 30 heavy (non-hydrogen) atoms. The number of carboxylic acid groups (broad SMARTS) is 1. The molecule has 2 amide bonds. The number of rotatable bonds is 9. The topological polar surface area (TPSA) is 95.5 Å². The summed E-state index contributed by atoms with van der Waals surface area (Å²) >= 11 is 1.53. The number of anilines is 1. The van der Waals surface area contributed by atoms with Gasteiger partial charge in [0.1, 0.15) is 5.00 Å². The predicted octanol–water partition coefficient (Wildman–Crippen LogP) is 4.62. The summed E-state index contributed by atoms with van der Waals surface area (Å²) in [6, 6.07) is 0.252. The number of thiophene rings is 1. The predicted molar refractivity (Wildman–Crippen MR) is 119 cm³/mol. The zero-order chi connectivity index (χ0) is 22.1. The van der Waals surface area contributed by atoms with Crippen LogP contribution in [0.1, 0.15) is 87.0 Å². The highest BCUT2D eigenvalue weighted by atomic mass is 32.1. The summed E-state index contributed by atoms with van der Waals surface area (Å²) in [6.45, 7) is 8.60. The highest BCUT2D eigenvalue weighted by molar-refractivity contribution is 7.17. The second-order valence-corrected chi connectivity index (χ2v) is 10.8. The number of nitrogens with one attached hydrogen (secondary N) is 2. The molecule has 3 N–H and O–H groups in total. The van der Waals surface area contributed by atoms with Crippen molar-refractivity contribution in [2.75, 3.05) is 5.32 Å². The lowest BCUT2D eigenvalue weighted by Crippen LogP contribution is -2.30. The average molecular weight is 435 g/mol. The normalized spacial score (nSPS) is 19.7. The first-order chi connectivity index (χ1) is 14.1. The van der Waals surface area contributed by atoms with Crippen LogP contribution in [-0.2, 0) is 22.4 Å². The van der Waals surface area contributed by atoms with Crippen LogP contribution in [0.2, 0.25) is 0 Å². The molecule has 0 bridgehead atoms. The largest absolute Gasteiger partial charge is 0.481 e. The van der Waals surface area contributed by atoms with E-state index in [1.807, 2.05) is 0 Å². The van der Waals surface area contributed by atoms with Gasteiger partial charge in [-0.15, -0.1) is 11.3 Å². The van der Waals surface area contributed by atoms with E-state index in [9.17, 15) is 14.4 Å². The summed E-state index contributed by atoms with van der Waals surface area (Å²) in [5.74, 6) is -0.913. The Kier molecular flexibility index (Phi) is 6.90. The quantitative estimate of drug-likeness (QED) is 0.528. The van der Waals surface area contributed by atoms with Gasteiger partial charge in [0.25, 0.3) is 5.91 Å². The van der Waals surface area contributed by atoms with Gasteiger partial charge < -0.3 is 15.7 Å². The number of aliphatic carboxylic acids is 1. The molecule has 0 aliphatic heterocycles. The first kappa shape index (κ1) is 22.8. The molecule has 6 nitrogen and oxygen atoms in total. The zero-order valence-corrected chi connectivity index (χ0v) is 19.3. The van der Waals surface area contributed by atoms with E-state index in [0.717, 1.165) is 44.1 Å². The Hall–Kier alpha value is -1.89. The lowest BCUT2D eigenvalue weighted by atomic mass is 9.69. The number of hydrogen-bond donors (Lipinski definition) is 3. The standard InChI is InChI=1S/C23H34N2O4S/c1-5-23(3,4)14-6-9-16-17(12-14)30-22(20(16)21(29)24-15-7-8-15)25-18(26)10-13(2)11-19(27)28/h13-15H,5-12H2,1-4H3,(H,24,29)(H,25,26)(H,27,28)/t13-,14+/m0/s1. The van der Waals surface area contributed by atoms with Crippen molar-refractivity contribution in [3.8, 4) is 0 Å². The van der Waals surface area contributed by atoms with Crippen LogP contribution < -0.4 is 10.6 Å².